The van der Waals surface area contributed by atoms with Crippen LogP contribution >= 0.6 is 0 Å². The van der Waals surface area contributed by atoms with Gasteiger partial charge >= 0.3 is 0 Å². The lowest BCUT2D eigenvalue weighted by molar-refractivity contribution is -0.105. The quantitative estimate of drug-likeness (QED) is 0.762. The molecule has 0 radical (unpaired) electrons. The standard InChI is InChI=1S/C16H23NO/c1-15(2)8-9-16(11-12(17)7-10-18-16)14-6-4-3-5-13(14)15/h3-6,12H,7-11,17H2,1-2H3. The average molecular weight is 245 g/mol. The number of hydrogen-bond donors (Lipinski definition) is 1. The Hall–Kier alpha value is -0.860. The van der Waals surface area contributed by atoms with E-state index >= 15 is 0 Å². The molecule has 1 saturated heterocycles. The molecule has 0 bridgehead atoms. The van der Waals surface area contributed by atoms with Crippen molar-refractivity contribution in [2.45, 2.75) is 56.6 Å². The number of hydrogen-bond acceptors (Lipinski definition) is 2. The molecule has 1 spiro atoms. The molecule has 98 valence electrons. The van der Waals surface area contributed by atoms with Crippen LogP contribution in [0.15, 0.2) is 24.3 Å². The summed E-state index contributed by atoms with van der Waals surface area (Å²) >= 11 is 0. The molecule has 2 nitrogen and oxygen atoms in total. The molecule has 2 unspecified atom stereocenters. The zero-order chi connectivity index (χ0) is 12.8. The summed E-state index contributed by atoms with van der Waals surface area (Å²) in [6.07, 6.45) is 4.24. The number of nitrogens with two attached hydrogens (primary N) is 1. The third-order valence-electron chi connectivity index (χ3n) is 4.76. The lowest BCUT2D eigenvalue weighted by Crippen LogP contribution is -2.47. The second-order valence-corrected chi connectivity index (χ2v) is 6.53. The maximum atomic E-state index is 6.22. The van der Waals surface area contributed by atoms with Gasteiger partial charge in [-0.15, -0.1) is 0 Å². The fourth-order valence-electron chi connectivity index (χ4n) is 3.61. The van der Waals surface area contributed by atoms with E-state index in [2.05, 4.69) is 38.1 Å². The van der Waals surface area contributed by atoms with Crippen LogP contribution in [0.3, 0.4) is 0 Å². The SMILES string of the molecule is CC1(C)CCC2(CC(N)CCO2)c2ccccc21. The molecule has 1 aliphatic heterocycles. The van der Waals surface area contributed by atoms with Crippen LogP contribution in [0.5, 0.6) is 0 Å². The lowest BCUT2D eigenvalue weighted by Gasteiger charge is -2.48. The van der Waals surface area contributed by atoms with Crippen molar-refractivity contribution >= 4 is 0 Å². The normalized spacial score (nSPS) is 34.3. The van der Waals surface area contributed by atoms with Crippen molar-refractivity contribution in [1.29, 1.82) is 0 Å². The first-order valence-corrected chi connectivity index (χ1v) is 7.03. The Bertz CT molecular complexity index is 454. The highest BCUT2D eigenvalue weighted by Gasteiger charge is 2.45. The second-order valence-electron chi connectivity index (χ2n) is 6.53. The van der Waals surface area contributed by atoms with Gasteiger partial charge in [-0.2, -0.15) is 0 Å². The fourth-order valence-corrected chi connectivity index (χ4v) is 3.61. The van der Waals surface area contributed by atoms with Crippen molar-refractivity contribution in [2.24, 2.45) is 5.73 Å². The van der Waals surface area contributed by atoms with Crippen LogP contribution in [-0.4, -0.2) is 12.6 Å². The van der Waals surface area contributed by atoms with Gasteiger partial charge in [-0.25, -0.2) is 0 Å². The van der Waals surface area contributed by atoms with E-state index in [9.17, 15) is 0 Å². The van der Waals surface area contributed by atoms with Gasteiger partial charge in [0.2, 0.25) is 0 Å². The fraction of sp³-hybridized carbons (Fsp3) is 0.625. The van der Waals surface area contributed by atoms with E-state index in [0.717, 1.165) is 25.9 Å². The van der Waals surface area contributed by atoms with Gasteiger partial charge in [-0.3, -0.25) is 0 Å². The predicted octanol–water partition coefficient (Wildman–Crippen LogP) is 3.09. The Morgan fingerprint density at radius 3 is 2.61 bits per heavy atom. The second kappa shape index (κ2) is 4.07. The molecule has 0 aromatic heterocycles. The van der Waals surface area contributed by atoms with Crippen LogP contribution in [-0.2, 0) is 15.8 Å². The number of benzene rings is 1. The first-order valence-electron chi connectivity index (χ1n) is 7.03. The molecule has 1 aliphatic carbocycles. The van der Waals surface area contributed by atoms with Crippen LogP contribution in [0.2, 0.25) is 0 Å². The summed E-state index contributed by atoms with van der Waals surface area (Å²) in [5, 5.41) is 0. The summed E-state index contributed by atoms with van der Waals surface area (Å²) in [4.78, 5) is 0. The van der Waals surface area contributed by atoms with Crippen molar-refractivity contribution in [3.05, 3.63) is 35.4 Å². The largest absolute Gasteiger partial charge is 0.370 e. The van der Waals surface area contributed by atoms with Crippen molar-refractivity contribution in [2.75, 3.05) is 6.61 Å². The Labute approximate surface area is 110 Å². The molecule has 1 aromatic carbocycles. The first kappa shape index (κ1) is 12.2. The smallest absolute Gasteiger partial charge is 0.0949 e. The highest BCUT2D eigenvalue weighted by atomic mass is 16.5. The summed E-state index contributed by atoms with van der Waals surface area (Å²) in [5.74, 6) is 0. The molecule has 0 amide bonds. The third-order valence-corrected chi connectivity index (χ3v) is 4.76. The monoisotopic (exact) mass is 245 g/mol. The zero-order valence-electron chi connectivity index (χ0n) is 11.4. The average Bonchev–Trinajstić information content (AvgIpc) is 2.36. The van der Waals surface area contributed by atoms with Gasteiger partial charge in [-0.1, -0.05) is 38.1 Å². The first-order chi connectivity index (χ1) is 8.54. The third kappa shape index (κ3) is 1.79. The van der Waals surface area contributed by atoms with E-state index in [-0.39, 0.29) is 17.1 Å². The van der Waals surface area contributed by atoms with Gasteiger partial charge in [0.1, 0.15) is 0 Å². The summed E-state index contributed by atoms with van der Waals surface area (Å²) < 4.78 is 6.22. The lowest BCUT2D eigenvalue weighted by atomic mass is 9.64. The van der Waals surface area contributed by atoms with Crippen LogP contribution in [0, 0.1) is 0 Å². The molecule has 1 heterocycles. The van der Waals surface area contributed by atoms with Crippen molar-refractivity contribution in [3.8, 4) is 0 Å². The van der Waals surface area contributed by atoms with E-state index in [1.54, 1.807) is 0 Å². The van der Waals surface area contributed by atoms with Gasteiger partial charge in [0.05, 0.1) is 5.60 Å². The molecular formula is C16H23NO. The van der Waals surface area contributed by atoms with Gasteiger partial charge in [0.25, 0.3) is 0 Å². The zero-order valence-corrected chi connectivity index (χ0v) is 11.4. The Balaban J connectivity index is 2.09. The van der Waals surface area contributed by atoms with Gasteiger partial charge < -0.3 is 10.5 Å². The highest BCUT2D eigenvalue weighted by Crippen LogP contribution is 2.49. The van der Waals surface area contributed by atoms with E-state index in [0.29, 0.717) is 0 Å². The molecule has 1 fully saturated rings. The minimum atomic E-state index is -0.107. The van der Waals surface area contributed by atoms with E-state index in [1.807, 2.05) is 0 Å². The molecule has 2 atom stereocenters. The molecular weight excluding hydrogens is 222 g/mol. The van der Waals surface area contributed by atoms with Gasteiger partial charge in [0, 0.05) is 12.6 Å². The predicted molar refractivity (Wildman–Crippen MR) is 73.5 cm³/mol. The summed E-state index contributed by atoms with van der Waals surface area (Å²) in [7, 11) is 0. The summed E-state index contributed by atoms with van der Waals surface area (Å²) in [6.45, 7) is 5.47. The van der Waals surface area contributed by atoms with Crippen LogP contribution in [0.25, 0.3) is 0 Å². The van der Waals surface area contributed by atoms with E-state index in [4.69, 9.17) is 10.5 Å². The topological polar surface area (TPSA) is 35.2 Å². The molecule has 2 N–H and O–H groups in total. The number of fused-ring (bicyclic) bond motifs is 2. The Kier molecular flexibility index (Phi) is 2.76. The maximum Gasteiger partial charge on any atom is 0.0949 e. The highest BCUT2D eigenvalue weighted by molar-refractivity contribution is 5.40. The molecule has 2 heteroatoms. The number of ether oxygens (including phenoxy) is 1. The van der Waals surface area contributed by atoms with E-state index in [1.165, 1.54) is 17.5 Å². The minimum absolute atomic E-state index is 0.107. The molecule has 18 heavy (non-hydrogen) atoms. The molecule has 0 saturated carbocycles. The molecule has 2 aliphatic rings. The summed E-state index contributed by atoms with van der Waals surface area (Å²) in [6, 6.07) is 9.06. The maximum absolute atomic E-state index is 6.22. The summed E-state index contributed by atoms with van der Waals surface area (Å²) in [5.41, 5.74) is 9.17. The Morgan fingerprint density at radius 2 is 1.89 bits per heavy atom. The van der Waals surface area contributed by atoms with E-state index < -0.39 is 0 Å². The van der Waals surface area contributed by atoms with Crippen LogP contribution < -0.4 is 5.73 Å². The van der Waals surface area contributed by atoms with Crippen molar-refractivity contribution in [1.82, 2.24) is 0 Å². The van der Waals surface area contributed by atoms with Crippen molar-refractivity contribution in [3.63, 3.8) is 0 Å². The van der Waals surface area contributed by atoms with Crippen LogP contribution in [0.4, 0.5) is 0 Å². The Morgan fingerprint density at radius 1 is 1.17 bits per heavy atom. The molecule has 3 rings (SSSR count). The minimum Gasteiger partial charge on any atom is -0.370 e. The van der Waals surface area contributed by atoms with Crippen LogP contribution in [0.1, 0.15) is 50.7 Å². The number of rotatable bonds is 0. The van der Waals surface area contributed by atoms with Crippen molar-refractivity contribution < 1.29 is 4.74 Å². The molecule has 1 aromatic rings. The van der Waals surface area contributed by atoms with Gasteiger partial charge in [0.15, 0.2) is 0 Å². The van der Waals surface area contributed by atoms with Gasteiger partial charge in [-0.05, 0) is 42.2 Å².